The summed E-state index contributed by atoms with van der Waals surface area (Å²) in [7, 11) is 0. The number of carbonyl (C=O) groups excluding carboxylic acids is 1. The lowest BCUT2D eigenvalue weighted by molar-refractivity contribution is -0.138. The Morgan fingerprint density at radius 3 is 2.24 bits per heavy atom. The second-order valence-electron chi connectivity index (χ2n) is 7.73. The Balaban J connectivity index is 1.44. The van der Waals surface area contributed by atoms with Crippen LogP contribution in [0.15, 0.2) is 60.8 Å². The largest absolute Gasteiger partial charge is 0.476 e. The van der Waals surface area contributed by atoms with Gasteiger partial charge in [-0.25, -0.2) is 9.59 Å². The highest BCUT2D eigenvalue weighted by molar-refractivity contribution is 5.86. The molecule has 10 heteroatoms. The lowest BCUT2D eigenvalue weighted by Gasteiger charge is -2.34. The van der Waals surface area contributed by atoms with Crippen LogP contribution in [0.5, 0.6) is 0 Å². The van der Waals surface area contributed by atoms with Gasteiger partial charge in [0.15, 0.2) is 5.69 Å². The Hall–Kier alpha value is -3.66. The van der Waals surface area contributed by atoms with E-state index in [2.05, 4.69) is 5.10 Å². The fourth-order valence-electron chi connectivity index (χ4n) is 3.82. The fourth-order valence-corrected chi connectivity index (χ4v) is 3.82. The third-order valence-corrected chi connectivity index (χ3v) is 5.56. The van der Waals surface area contributed by atoms with E-state index in [-0.39, 0.29) is 17.8 Å². The van der Waals surface area contributed by atoms with Gasteiger partial charge >= 0.3 is 18.2 Å². The summed E-state index contributed by atoms with van der Waals surface area (Å²) in [6.45, 7) is 1.47. The van der Waals surface area contributed by atoms with Gasteiger partial charge in [0.1, 0.15) is 0 Å². The molecule has 1 N–H and O–H groups in total. The van der Waals surface area contributed by atoms with Crippen LogP contribution in [0.4, 0.5) is 18.0 Å². The maximum Gasteiger partial charge on any atom is 0.416 e. The smallest absolute Gasteiger partial charge is 0.416 e. The highest BCUT2D eigenvalue weighted by Crippen LogP contribution is 2.35. The van der Waals surface area contributed by atoms with Gasteiger partial charge in [-0.2, -0.15) is 23.0 Å². The second-order valence-corrected chi connectivity index (χ2v) is 7.73. The first-order chi connectivity index (χ1) is 15.7. The minimum atomic E-state index is -4.49. The highest BCUT2D eigenvalue weighted by atomic mass is 19.4. The molecule has 0 aliphatic carbocycles. The van der Waals surface area contributed by atoms with Gasteiger partial charge in [-0.1, -0.05) is 42.5 Å². The molecule has 1 aliphatic rings. The van der Waals surface area contributed by atoms with Crippen LogP contribution in [0.25, 0.3) is 11.1 Å². The van der Waals surface area contributed by atoms with Gasteiger partial charge in [-0.3, -0.25) is 4.90 Å². The number of aromatic nitrogens is 2. The second kappa shape index (κ2) is 9.07. The number of carbonyl (C=O) groups is 2. The van der Waals surface area contributed by atoms with Crippen molar-refractivity contribution in [2.24, 2.45) is 0 Å². The number of alkyl halides is 3. The van der Waals surface area contributed by atoms with Gasteiger partial charge < -0.3 is 10.0 Å². The molecular formula is C23H21F3N4O3. The van der Waals surface area contributed by atoms with Crippen molar-refractivity contribution in [1.29, 1.82) is 0 Å². The molecule has 1 aliphatic heterocycles. The zero-order valence-electron chi connectivity index (χ0n) is 17.5. The standard InChI is InChI=1S/C23H21F3N4O3/c24-23(25,26)19-14-17(16-4-2-1-3-5-16)6-7-18(19)15-28-10-12-29(13-11-28)22(33)30-9-8-20(27-30)21(31)32/h1-9,14H,10-13,15H2,(H,31,32). The minimum Gasteiger partial charge on any atom is -0.476 e. The van der Waals surface area contributed by atoms with Gasteiger partial charge in [0.25, 0.3) is 0 Å². The topological polar surface area (TPSA) is 78.7 Å². The normalized spacial score (nSPS) is 14.9. The summed E-state index contributed by atoms with van der Waals surface area (Å²) in [5.41, 5.74) is 0.495. The van der Waals surface area contributed by atoms with Crippen LogP contribution in [-0.2, 0) is 12.7 Å². The highest BCUT2D eigenvalue weighted by Gasteiger charge is 2.34. The molecule has 1 amide bonds. The molecule has 3 aromatic rings. The maximum absolute atomic E-state index is 13.8. The molecule has 0 saturated carbocycles. The van der Waals surface area contributed by atoms with Crippen LogP contribution in [0, 0.1) is 0 Å². The van der Waals surface area contributed by atoms with Gasteiger partial charge in [0.2, 0.25) is 0 Å². The van der Waals surface area contributed by atoms with E-state index in [0.717, 1.165) is 4.68 Å². The predicted octanol–water partition coefficient (Wildman–Crippen LogP) is 4.05. The Kier molecular flexibility index (Phi) is 6.19. The Labute approximate surface area is 187 Å². The van der Waals surface area contributed by atoms with Crippen molar-refractivity contribution in [3.05, 3.63) is 77.6 Å². The van der Waals surface area contributed by atoms with Crippen molar-refractivity contribution in [1.82, 2.24) is 19.6 Å². The molecule has 4 rings (SSSR count). The van der Waals surface area contributed by atoms with E-state index in [4.69, 9.17) is 5.11 Å². The zero-order chi connectivity index (χ0) is 23.6. The summed E-state index contributed by atoms with van der Waals surface area (Å²) in [6, 6.07) is 14.1. The van der Waals surface area contributed by atoms with Gasteiger partial charge in [0.05, 0.1) is 5.56 Å². The summed E-state index contributed by atoms with van der Waals surface area (Å²) in [4.78, 5) is 26.8. The molecule has 2 heterocycles. The van der Waals surface area contributed by atoms with E-state index >= 15 is 0 Å². The van der Waals surface area contributed by atoms with Gasteiger partial charge in [-0.15, -0.1) is 0 Å². The Morgan fingerprint density at radius 1 is 0.939 bits per heavy atom. The number of nitrogens with zero attached hydrogens (tertiary/aromatic N) is 4. The number of carboxylic acids is 1. The fraction of sp³-hybridized carbons (Fsp3) is 0.261. The van der Waals surface area contributed by atoms with Crippen LogP contribution >= 0.6 is 0 Å². The SMILES string of the molecule is O=C(O)c1ccn(C(=O)N2CCN(Cc3ccc(-c4ccccc4)cc3C(F)(F)F)CC2)n1. The van der Waals surface area contributed by atoms with E-state index in [0.29, 0.717) is 37.3 Å². The monoisotopic (exact) mass is 458 g/mol. The van der Waals surface area contributed by atoms with Crippen LogP contribution in [0.3, 0.4) is 0 Å². The van der Waals surface area contributed by atoms with Crippen molar-refractivity contribution in [2.45, 2.75) is 12.7 Å². The Morgan fingerprint density at radius 2 is 1.64 bits per heavy atom. The molecule has 172 valence electrons. The van der Waals surface area contributed by atoms with E-state index in [1.165, 1.54) is 29.3 Å². The van der Waals surface area contributed by atoms with Crippen molar-refractivity contribution >= 4 is 12.0 Å². The lowest BCUT2D eigenvalue weighted by Crippen LogP contribution is -2.49. The van der Waals surface area contributed by atoms with E-state index in [1.54, 1.807) is 30.3 Å². The first kappa shape index (κ1) is 22.5. The molecule has 2 aromatic carbocycles. The van der Waals surface area contributed by atoms with Crippen molar-refractivity contribution in [3.63, 3.8) is 0 Å². The minimum absolute atomic E-state index is 0.108. The molecule has 0 spiro atoms. The van der Waals surface area contributed by atoms with Gasteiger partial charge in [0, 0.05) is 38.9 Å². The molecule has 0 radical (unpaired) electrons. The van der Waals surface area contributed by atoms with E-state index in [1.807, 2.05) is 11.0 Å². The molecule has 0 bridgehead atoms. The van der Waals surface area contributed by atoms with Gasteiger partial charge in [-0.05, 0) is 28.8 Å². The third kappa shape index (κ3) is 5.06. The lowest BCUT2D eigenvalue weighted by atomic mass is 9.98. The van der Waals surface area contributed by atoms with Crippen molar-refractivity contribution in [2.75, 3.05) is 26.2 Å². The van der Waals surface area contributed by atoms with Crippen LogP contribution in [0.2, 0.25) is 0 Å². The van der Waals surface area contributed by atoms with Crippen molar-refractivity contribution < 1.29 is 27.9 Å². The number of amides is 1. The van der Waals surface area contributed by atoms with Crippen LogP contribution in [0.1, 0.15) is 21.6 Å². The molecule has 1 saturated heterocycles. The summed E-state index contributed by atoms with van der Waals surface area (Å²) in [5.74, 6) is -1.23. The summed E-state index contributed by atoms with van der Waals surface area (Å²) in [5, 5.41) is 12.7. The number of benzene rings is 2. The molecule has 1 fully saturated rings. The quantitative estimate of drug-likeness (QED) is 0.638. The predicted molar refractivity (Wildman–Crippen MR) is 114 cm³/mol. The number of carboxylic acid groups (broad SMARTS) is 1. The summed E-state index contributed by atoms with van der Waals surface area (Å²) in [6.07, 6.45) is -3.21. The molecule has 0 unspecified atom stereocenters. The molecule has 7 nitrogen and oxygen atoms in total. The van der Waals surface area contributed by atoms with Crippen LogP contribution < -0.4 is 0 Å². The molecule has 33 heavy (non-hydrogen) atoms. The first-order valence-corrected chi connectivity index (χ1v) is 10.3. The van der Waals surface area contributed by atoms with Crippen molar-refractivity contribution in [3.8, 4) is 11.1 Å². The molecular weight excluding hydrogens is 437 g/mol. The Bertz CT molecular complexity index is 1150. The van der Waals surface area contributed by atoms with E-state index < -0.39 is 23.7 Å². The third-order valence-electron chi connectivity index (χ3n) is 5.56. The number of aromatic carboxylic acids is 1. The number of hydrogen-bond donors (Lipinski definition) is 1. The average Bonchev–Trinajstić information content (AvgIpc) is 3.30. The van der Waals surface area contributed by atoms with E-state index in [9.17, 15) is 22.8 Å². The average molecular weight is 458 g/mol. The van der Waals surface area contributed by atoms with Crippen LogP contribution in [-0.4, -0.2) is 62.9 Å². The zero-order valence-corrected chi connectivity index (χ0v) is 17.5. The summed E-state index contributed by atoms with van der Waals surface area (Å²) >= 11 is 0. The number of hydrogen-bond acceptors (Lipinski definition) is 4. The molecule has 1 aromatic heterocycles. The maximum atomic E-state index is 13.8. The number of rotatable bonds is 4. The number of halogens is 3. The number of piperazine rings is 1. The summed E-state index contributed by atoms with van der Waals surface area (Å²) < 4.78 is 42.3. The molecule has 0 atom stereocenters. The first-order valence-electron chi connectivity index (χ1n) is 10.3.